The molecule has 3 rings (SSSR count). The van der Waals surface area contributed by atoms with Gasteiger partial charge in [-0.2, -0.15) is 0 Å². The van der Waals surface area contributed by atoms with Crippen LogP contribution in [0.1, 0.15) is 6.42 Å². The summed E-state index contributed by atoms with van der Waals surface area (Å²) in [5.74, 6) is -0.687. The third-order valence-electron chi connectivity index (χ3n) is 3.30. The normalized spacial score (nSPS) is 19.5. The number of aromatic nitrogens is 2. The molecular weight excluding hydrogens is 260 g/mol. The number of imidazole rings is 1. The number of hydrogen-bond donors (Lipinski definition) is 2. The van der Waals surface area contributed by atoms with Crippen molar-refractivity contribution < 1.29 is 14.7 Å². The Balaban J connectivity index is 1.88. The second-order valence-corrected chi connectivity index (χ2v) is 4.66. The molecular formula is C13H14N4O3. The van der Waals surface area contributed by atoms with Gasteiger partial charge in [-0.1, -0.05) is 6.07 Å². The smallest absolute Gasteiger partial charge is 0.305 e. The zero-order valence-corrected chi connectivity index (χ0v) is 10.7. The molecule has 7 heteroatoms. The summed E-state index contributed by atoms with van der Waals surface area (Å²) in [5, 5.41) is 11.8. The minimum absolute atomic E-state index is 0.220. The molecule has 7 nitrogen and oxygen atoms in total. The lowest BCUT2D eigenvalue weighted by Gasteiger charge is -2.30. The van der Waals surface area contributed by atoms with Crippen LogP contribution in [0.25, 0.3) is 5.65 Å². The van der Waals surface area contributed by atoms with E-state index in [4.69, 9.17) is 5.11 Å². The van der Waals surface area contributed by atoms with Gasteiger partial charge in [-0.25, -0.2) is 4.98 Å². The van der Waals surface area contributed by atoms with Crippen molar-refractivity contribution in [2.45, 2.75) is 12.5 Å². The predicted molar refractivity (Wildman–Crippen MR) is 71.6 cm³/mol. The summed E-state index contributed by atoms with van der Waals surface area (Å²) in [6, 6.07) is 4.92. The number of carboxylic acids is 1. The lowest BCUT2D eigenvalue weighted by atomic mass is 10.1. The lowest BCUT2D eigenvalue weighted by Crippen LogP contribution is -2.56. The van der Waals surface area contributed by atoms with Crippen LogP contribution >= 0.6 is 0 Å². The van der Waals surface area contributed by atoms with E-state index in [0.29, 0.717) is 18.9 Å². The van der Waals surface area contributed by atoms with Crippen molar-refractivity contribution in [2.75, 3.05) is 18.0 Å². The van der Waals surface area contributed by atoms with Crippen LogP contribution in [0.5, 0.6) is 0 Å². The van der Waals surface area contributed by atoms with Crippen LogP contribution in [0.3, 0.4) is 0 Å². The molecule has 2 aromatic heterocycles. The number of amides is 1. The topological polar surface area (TPSA) is 86.9 Å². The van der Waals surface area contributed by atoms with Gasteiger partial charge >= 0.3 is 5.97 Å². The highest BCUT2D eigenvalue weighted by Crippen LogP contribution is 2.18. The first-order valence-electron chi connectivity index (χ1n) is 6.35. The SMILES string of the molecule is O=C(O)CC1NCCN(c2cn3ccccc3n2)C1=O. The highest BCUT2D eigenvalue weighted by atomic mass is 16.4. The summed E-state index contributed by atoms with van der Waals surface area (Å²) in [7, 11) is 0. The molecule has 0 aliphatic carbocycles. The molecule has 1 aliphatic rings. The van der Waals surface area contributed by atoms with E-state index in [0.717, 1.165) is 5.65 Å². The highest BCUT2D eigenvalue weighted by Gasteiger charge is 2.31. The van der Waals surface area contributed by atoms with Gasteiger partial charge in [-0.3, -0.25) is 14.5 Å². The molecule has 2 aromatic rings. The Morgan fingerprint density at radius 2 is 2.35 bits per heavy atom. The summed E-state index contributed by atoms with van der Waals surface area (Å²) in [5.41, 5.74) is 0.753. The molecule has 1 amide bonds. The number of hydrogen-bond acceptors (Lipinski definition) is 4. The summed E-state index contributed by atoms with van der Waals surface area (Å²) in [6.07, 6.45) is 3.41. The van der Waals surface area contributed by atoms with Gasteiger partial charge in [0, 0.05) is 19.3 Å². The van der Waals surface area contributed by atoms with Crippen molar-refractivity contribution >= 4 is 23.3 Å². The molecule has 3 heterocycles. The summed E-state index contributed by atoms with van der Waals surface area (Å²) >= 11 is 0. The second kappa shape index (κ2) is 4.93. The van der Waals surface area contributed by atoms with Gasteiger partial charge in [0.25, 0.3) is 0 Å². The number of fused-ring (bicyclic) bond motifs is 1. The Morgan fingerprint density at radius 3 is 3.10 bits per heavy atom. The van der Waals surface area contributed by atoms with Crippen molar-refractivity contribution in [3.05, 3.63) is 30.6 Å². The minimum Gasteiger partial charge on any atom is -0.481 e. The van der Waals surface area contributed by atoms with E-state index >= 15 is 0 Å². The van der Waals surface area contributed by atoms with Crippen molar-refractivity contribution in [2.24, 2.45) is 0 Å². The number of carbonyl (C=O) groups is 2. The summed E-state index contributed by atoms with van der Waals surface area (Å²) in [4.78, 5) is 29.0. The fourth-order valence-electron chi connectivity index (χ4n) is 2.35. The van der Waals surface area contributed by atoms with Gasteiger partial charge in [-0.05, 0) is 12.1 Å². The Labute approximate surface area is 114 Å². The van der Waals surface area contributed by atoms with Gasteiger partial charge in [-0.15, -0.1) is 0 Å². The van der Waals surface area contributed by atoms with Crippen LogP contribution in [-0.4, -0.2) is 45.5 Å². The predicted octanol–water partition coefficient (Wildman–Crippen LogP) is 0.114. The number of nitrogens with one attached hydrogen (secondary N) is 1. The number of rotatable bonds is 3. The first-order valence-corrected chi connectivity index (χ1v) is 6.35. The van der Waals surface area contributed by atoms with Crippen molar-refractivity contribution in [3.63, 3.8) is 0 Å². The maximum atomic E-state index is 12.3. The third-order valence-corrected chi connectivity index (χ3v) is 3.30. The molecule has 0 saturated carbocycles. The van der Waals surface area contributed by atoms with Gasteiger partial charge in [0.15, 0.2) is 5.82 Å². The van der Waals surface area contributed by atoms with Crippen LogP contribution in [0.2, 0.25) is 0 Å². The number of aliphatic carboxylic acids is 1. The summed E-state index contributed by atoms with van der Waals surface area (Å²) in [6.45, 7) is 1.04. The van der Waals surface area contributed by atoms with Gasteiger partial charge in [0.05, 0.1) is 18.7 Å². The maximum absolute atomic E-state index is 12.3. The molecule has 104 valence electrons. The first kappa shape index (κ1) is 12.6. The van der Waals surface area contributed by atoms with Crippen LogP contribution < -0.4 is 10.2 Å². The van der Waals surface area contributed by atoms with E-state index in [1.165, 1.54) is 4.90 Å². The number of piperazine rings is 1. The fourth-order valence-corrected chi connectivity index (χ4v) is 2.35. The Morgan fingerprint density at radius 1 is 1.50 bits per heavy atom. The Kier molecular flexibility index (Phi) is 3.11. The number of anilines is 1. The number of carboxylic acid groups (broad SMARTS) is 1. The van der Waals surface area contributed by atoms with Gasteiger partial charge in [0.2, 0.25) is 5.91 Å². The zero-order chi connectivity index (χ0) is 14.1. The molecule has 1 saturated heterocycles. The Hall–Kier alpha value is -2.41. The van der Waals surface area contributed by atoms with Crippen molar-refractivity contribution in [1.82, 2.24) is 14.7 Å². The number of pyridine rings is 1. The van der Waals surface area contributed by atoms with E-state index in [1.807, 2.05) is 28.8 Å². The second-order valence-electron chi connectivity index (χ2n) is 4.66. The van der Waals surface area contributed by atoms with Crippen LogP contribution in [0, 0.1) is 0 Å². The standard InChI is InChI=1S/C13H14N4O3/c18-12(19)7-9-13(20)17(6-4-14-9)11-8-16-5-2-1-3-10(16)15-11/h1-3,5,8-9,14H,4,6-7H2,(H,18,19). The molecule has 1 atom stereocenters. The molecule has 0 bridgehead atoms. The van der Waals surface area contributed by atoms with E-state index in [1.54, 1.807) is 6.20 Å². The van der Waals surface area contributed by atoms with E-state index in [2.05, 4.69) is 10.3 Å². The largest absolute Gasteiger partial charge is 0.481 e. The molecule has 0 spiro atoms. The van der Waals surface area contributed by atoms with Gasteiger partial charge < -0.3 is 14.8 Å². The molecule has 1 unspecified atom stereocenters. The number of carbonyl (C=O) groups excluding carboxylic acids is 1. The quantitative estimate of drug-likeness (QED) is 0.829. The Bertz CT molecular complexity index is 633. The monoisotopic (exact) mass is 274 g/mol. The highest BCUT2D eigenvalue weighted by molar-refractivity contribution is 5.99. The minimum atomic E-state index is -0.993. The van der Waals surface area contributed by atoms with Crippen LogP contribution in [0.15, 0.2) is 30.6 Å². The average molecular weight is 274 g/mol. The third kappa shape index (κ3) is 2.23. The van der Waals surface area contributed by atoms with E-state index in [-0.39, 0.29) is 12.3 Å². The lowest BCUT2D eigenvalue weighted by molar-refractivity contribution is -0.139. The van der Waals surface area contributed by atoms with Crippen molar-refractivity contribution in [1.29, 1.82) is 0 Å². The molecule has 2 N–H and O–H groups in total. The molecule has 20 heavy (non-hydrogen) atoms. The maximum Gasteiger partial charge on any atom is 0.305 e. The molecule has 1 aliphatic heterocycles. The molecule has 1 fully saturated rings. The van der Waals surface area contributed by atoms with Crippen LogP contribution in [-0.2, 0) is 9.59 Å². The molecule has 0 aromatic carbocycles. The zero-order valence-electron chi connectivity index (χ0n) is 10.7. The molecule has 0 radical (unpaired) electrons. The van der Waals surface area contributed by atoms with E-state index in [9.17, 15) is 9.59 Å². The van der Waals surface area contributed by atoms with E-state index < -0.39 is 12.0 Å². The first-order chi connectivity index (χ1) is 9.65. The number of nitrogens with zero attached hydrogens (tertiary/aromatic N) is 3. The van der Waals surface area contributed by atoms with Crippen molar-refractivity contribution in [3.8, 4) is 0 Å². The fraction of sp³-hybridized carbons (Fsp3) is 0.308. The van der Waals surface area contributed by atoms with Gasteiger partial charge in [0.1, 0.15) is 5.65 Å². The average Bonchev–Trinajstić information content (AvgIpc) is 2.84. The summed E-state index contributed by atoms with van der Waals surface area (Å²) < 4.78 is 1.83. The van der Waals surface area contributed by atoms with Crippen LogP contribution in [0.4, 0.5) is 5.82 Å².